The van der Waals surface area contributed by atoms with Gasteiger partial charge in [-0.05, 0) is 62.4 Å². The molecule has 2 aromatic heterocycles. The van der Waals surface area contributed by atoms with E-state index >= 15 is 0 Å². The fourth-order valence-corrected chi connectivity index (χ4v) is 4.82. The van der Waals surface area contributed by atoms with Crippen molar-refractivity contribution < 1.29 is 4.74 Å². The summed E-state index contributed by atoms with van der Waals surface area (Å²) in [7, 11) is 0. The first-order chi connectivity index (χ1) is 15.7. The van der Waals surface area contributed by atoms with Crippen LogP contribution in [0.15, 0.2) is 66.0 Å². The normalized spacial score (nSPS) is 18.8. The van der Waals surface area contributed by atoms with E-state index in [1.807, 2.05) is 24.4 Å². The quantitative estimate of drug-likeness (QED) is 0.268. The van der Waals surface area contributed by atoms with E-state index in [2.05, 4.69) is 51.9 Å². The van der Waals surface area contributed by atoms with Crippen molar-refractivity contribution in [2.24, 2.45) is 4.99 Å². The molecule has 8 heteroatoms. The molecule has 2 N–H and O–H groups in total. The number of pyridine rings is 1. The predicted octanol–water partition coefficient (Wildman–Crippen LogP) is 4.78. The zero-order chi connectivity index (χ0) is 21.8. The molecule has 3 aromatic rings. The second kappa shape index (κ2) is 10.5. The first-order valence-electron chi connectivity index (χ1n) is 11.5. The Bertz CT molecular complexity index is 1080. The van der Waals surface area contributed by atoms with Crippen LogP contribution in [0.4, 0.5) is 0 Å². The summed E-state index contributed by atoms with van der Waals surface area (Å²) in [6.45, 7) is 3.45. The first kappa shape index (κ1) is 23.5. The van der Waals surface area contributed by atoms with Crippen LogP contribution in [-0.2, 0) is 6.54 Å². The molecule has 0 amide bonds. The molecule has 7 nitrogen and oxygen atoms in total. The molecule has 1 unspecified atom stereocenters. The summed E-state index contributed by atoms with van der Waals surface area (Å²) in [5, 5.41) is 11.4. The number of para-hydroxylation sites is 1. The molecular formula is C25H31IN6O. The number of halogens is 1. The highest BCUT2D eigenvalue weighted by Gasteiger charge is 2.43. The van der Waals surface area contributed by atoms with E-state index in [0.29, 0.717) is 6.54 Å². The lowest BCUT2D eigenvalue weighted by atomic mass is 9.86. The topological polar surface area (TPSA) is 76.4 Å². The summed E-state index contributed by atoms with van der Waals surface area (Å²) >= 11 is 0. The Hall–Kier alpha value is -2.62. The van der Waals surface area contributed by atoms with Crippen LogP contribution in [-0.4, -0.2) is 32.9 Å². The van der Waals surface area contributed by atoms with Crippen molar-refractivity contribution in [1.82, 2.24) is 25.4 Å². The van der Waals surface area contributed by atoms with Gasteiger partial charge in [-0.25, -0.2) is 14.7 Å². The van der Waals surface area contributed by atoms with Gasteiger partial charge in [-0.2, -0.15) is 5.10 Å². The number of hydrogen-bond acceptors (Lipinski definition) is 4. The molecular weight excluding hydrogens is 527 g/mol. The maximum absolute atomic E-state index is 6.51. The number of guanidine groups is 1. The van der Waals surface area contributed by atoms with Crippen molar-refractivity contribution in [2.75, 3.05) is 6.54 Å². The number of ether oxygens (including phenoxy) is 1. The Morgan fingerprint density at radius 3 is 2.82 bits per heavy atom. The molecule has 1 saturated carbocycles. The van der Waals surface area contributed by atoms with Gasteiger partial charge < -0.3 is 15.4 Å². The Morgan fingerprint density at radius 2 is 2.03 bits per heavy atom. The van der Waals surface area contributed by atoms with Crippen molar-refractivity contribution in [2.45, 2.75) is 57.2 Å². The van der Waals surface area contributed by atoms with Gasteiger partial charge in [-0.1, -0.05) is 18.2 Å². The monoisotopic (exact) mass is 558 g/mol. The molecule has 2 aliphatic rings. The molecule has 1 aliphatic carbocycles. The van der Waals surface area contributed by atoms with Gasteiger partial charge >= 0.3 is 0 Å². The van der Waals surface area contributed by atoms with Crippen molar-refractivity contribution in [1.29, 1.82) is 0 Å². The van der Waals surface area contributed by atoms with Crippen LogP contribution in [0, 0.1) is 0 Å². The van der Waals surface area contributed by atoms with Gasteiger partial charge in [0.05, 0.1) is 12.6 Å². The lowest BCUT2D eigenvalue weighted by Crippen LogP contribution is -2.46. The number of aliphatic imine (C=N–C) groups is 1. The fourth-order valence-electron chi connectivity index (χ4n) is 4.82. The molecule has 1 aliphatic heterocycles. The fraction of sp³-hybridized carbons (Fsp3) is 0.400. The Morgan fingerprint density at radius 1 is 1.18 bits per heavy atom. The lowest BCUT2D eigenvalue weighted by molar-refractivity contribution is 0.0396. The number of nitrogens with one attached hydrogen (secondary N) is 2. The van der Waals surface area contributed by atoms with Crippen molar-refractivity contribution in [3.8, 4) is 11.6 Å². The van der Waals surface area contributed by atoms with E-state index in [4.69, 9.17) is 9.73 Å². The Balaban J connectivity index is 0.00000259. The highest BCUT2D eigenvalue weighted by Crippen LogP contribution is 2.46. The second-order valence-corrected chi connectivity index (χ2v) is 8.60. The average Bonchev–Trinajstić information content (AvgIpc) is 3.51. The largest absolute Gasteiger partial charge is 0.487 e. The Kier molecular flexibility index (Phi) is 7.52. The minimum atomic E-state index is -0.0485. The van der Waals surface area contributed by atoms with E-state index in [1.54, 1.807) is 17.1 Å². The van der Waals surface area contributed by atoms with E-state index in [0.717, 1.165) is 48.9 Å². The molecule has 0 bridgehead atoms. The van der Waals surface area contributed by atoms with Crippen LogP contribution in [0.2, 0.25) is 0 Å². The molecule has 3 heterocycles. The Labute approximate surface area is 212 Å². The van der Waals surface area contributed by atoms with E-state index in [1.165, 1.54) is 18.4 Å². The third kappa shape index (κ3) is 5.31. The first-order valence-corrected chi connectivity index (χ1v) is 11.5. The molecule has 174 valence electrons. The summed E-state index contributed by atoms with van der Waals surface area (Å²) in [6, 6.07) is 14.5. The van der Waals surface area contributed by atoms with Gasteiger partial charge in [0, 0.05) is 37.1 Å². The lowest BCUT2D eigenvalue weighted by Gasteiger charge is -2.40. The molecule has 1 spiro atoms. The summed E-state index contributed by atoms with van der Waals surface area (Å²) < 4.78 is 8.28. The van der Waals surface area contributed by atoms with Crippen molar-refractivity contribution in [3.05, 3.63) is 72.2 Å². The number of benzene rings is 1. The molecule has 33 heavy (non-hydrogen) atoms. The van der Waals surface area contributed by atoms with Crippen LogP contribution < -0.4 is 15.4 Å². The van der Waals surface area contributed by atoms with Crippen LogP contribution in [0.5, 0.6) is 5.75 Å². The molecule has 0 saturated heterocycles. The summed E-state index contributed by atoms with van der Waals surface area (Å²) in [5.74, 6) is 2.62. The van der Waals surface area contributed by atoms with Crippen LogP contribution >= 0.6 is 24.0 Å². The van der Waals surface area contributed by atoms with E-state index in [9.17, 15) is 0 Å². The average molecular weight is 558 g/mol. The van der Waals surface area contributed by atoms with Gasteiger partial charge in [0.25, 0.3) is 0 Å². The van der Waals surface area contributed by atoms with Crippen molar-refractivity contribution in [3.63, 3.8) is 0 Å². The van der Waals surface area contributed by atoms with Crippen LogP contribution in [0.3, 0.4) is 0 Å². The van der Waals surface area contributed by atoms with Gasteiger partial charge in [0.15, 0.2) is 11.8 Å². The molecule has 5 rings (SSSR count). The summed E-state index contributed by atoms with van der Waals surface area (Å²) in [4.78, 5) is 9.30. The standard InChI is InChI=1S/C25H30N6O.HI/c1-2-26-24(28-18-19-10-14-27-23(16-19)31-15-7-13-29-31)30-21-17-25(11-5-6-12-25)32-22-9-4-3-8-20(21)22;/h3-4,7-10,13-16,21H,2,5-6,11-12,17-18H2,1H3,(H2,26,28,30);1H. The smallest absolute Gasteiger partial charge is 0.192 e. The zero-order valence-corrected chi connectivity index (χ0v) is 21.2. The summed E-state index contributed by atoms with van der Waals surface area (Å²) in [6.07, 6.45) is 11.1. The highest BCUT2D eigenvalue weighted by molar-refractivity contribution is 14.0. The summed E-state index contributed by atoms with van der Waals surface area (Å²) in [5.41, 5.74) is 2.25. The minimum Gasteiger partial charge on any atom is -0.487 e. The molecule has 0 radical (unpaired) electrons. The van der Waals surface area contributed by atoms with Crippen LogP contribution in [0.25, 0.3) is 5.82 Å². The van der Waals surface area contributed by atoms with E-state index < -0.39 is 0 Å². The van der Waals surface area contributed by atoms with Gasteiger partial charge in [0.1, 0.15) is 11.4 Å². The predicted molar refractivity (Wildman–Crippen MR) is 140 cm³/mol. The third-order valence-corrected chi connectivity index (χ3v) is 6.34. The second-order valence-electron chi connectivity index (χ2n) is 8.60. The highest BCUT2D eigenvalue weighted by atomic mass is 127. The SMILES string of the molecule is CCNC(=NCc1ccnc(-n2cccn2)c1)NC1CC2(CCCC2)Oc2ccccc21.I. The van der Waals surface area contributed by atoms with Gasteiger partial charge in [-0.15, -0.1) is 24.0 Å². The van der Waals surface area contributed by atoms with Crippen molar-refractivity contribution >= 4 is 29.9 Å². The van der Waals surface area contributed by atoms with Crippen LogP contribution in [0.1, 0.15) is 56.2 Å². The van der Waals surface area contributed by atoms with Gasteiger partial charge in [0.2, 0.25) is 0 Å². The maximum Gasteiger partial charge on any atom is 0.192 e. The minimum absolute atomic E-state index is 0. The third-order valence-electron chi connectivity index (χ3n) is 6.34. The molecule has 1 aromatic carbocycles. The molecule has 1 fully saturated rings. The number of rotatable bonds is 5. The zero-order valence-electron chi connectivity index (χ0n) is 18.9. The number of fused-ring (bicyclic) bond motifs is 1. The number of nitrogens with zero attached hydrogens (tertiary/aromatic N) is 4. The number of aromatic nitrogens is 3. The number of hydrogen-bond donors (Lipinski definition) is 2. The van der Waals surface area contributed by atoms with Gasteiger partial charge in [-0.3, -0.25) is 0 Å². The van der Waals surface area contributed by atoms with E-state index in [-0.39, 0.29) is 35.6 Å². The molecule has 1 atom stereocenters. The maximum atomic E-state index is 6.51.